The van der Waals surface area contributed by atoms with Crippen LogP contribution in [0.3, 0.4) is 0 Å². The Kier molecular flexibility index (Phi) is 3.19. The summed E-state index contributed by atoms with van der Waals surface area (Å²) in [5.41, 5.74) is 2.02. The zero-order chi connectivity index (χ0) is 14.4. The van der Waals surface area contributed by atoms with E-state index in [1.54, 1.807) is 0 Å². The van der Waals surface area contributed by atoms with Gasteiger partial charge in [0.2, 0.25) is 0 Å². The molecule has 4 nitrogen and oxygen atoms in total. The Labute approximate surface area is 127 Å². The van der Waals surface area contributed by atoms with Gasteiger partial charge in [-0.1, -0.05) is 6.07 Å². The van der Waals surface area contributed by atoms with Crippen molar-refractivity contribution >= 4 is 11.3 Å². The van der Waals surface area contributed by atoms with E-state index in [2.05, 4.69) is 32.4 Å². The van der Waals surface area contributed by atoms with E-state index in [0.717, 1.165) is 36.5 Å². The normalized spacial score (nSPS) is 24.8. The van der Waals surface area contributed by atoms with Gasteiger partial charge in [-0.15, -0.1) is 11.3 Å². The van der Waals surface area contributed by atoms with Gasteiger partial charge in [0.15, 0.2) is 0 Å². The summed E-state index contributed by atoms with van der Waals surface area (Å²) in [4.78, 5) is 23.7. The summed E-state index contributed by atoms with van der Waals surface area (Å²) in [5, 5.41) is 2.14. The number of nitrogens with one attached hydrogen (secondary N) is 1. The number of fused-ring (bicyclic) bond motifs is 3. The molecule has 4 rings (SSSR count). The molecule has 2 atom stereocenters. The molecule has 0 saturated carbocycles. The number of H-pyrrole nitrogens is 1. The number of aromatic amines is 1. The van der Waals surface area contributed by atoms with Gasteiger partial charge in [-0.2, -0.15) is 0 Å². The predicted octanol–water partition coefficient (Wildman–Crippen LogP) is 2.27. The van der Waals surface area contributed by atoms with Gasteiger partial charge in [0.05, 0.1) is 5.69 Å². The highest BCUT2D eigenvalue weighted by Gasteiger charge is 2.38. The lowest BCUT2D eigenvalue weighted by atomic mass is 9.98. The average Bonchev–Trinajstić information content (AvgIpc) is 3.01. The van der Waals surface area contributed by atoms with E-state index >= 15 is 0 Å². The van der Waals surface area contributed by atoms with E-state index in [1.165, 1.54) is 17.7 Å². The molecular formula is C16H19N3OS. The van der Waals surface area contributed by atoms with E-state index in [9.17, 15) is 4.79 Å². The fraction of sp³-hybridized carbons (Fsp3) is 0.500. The highest BCUT2D eigenvalue weighted by molar-refractivity contribution is 7.09. The number of aryl methyl sites for hydroxylation is 1. The van der Waals surface area contributed by atoms with Crippen molar-refractivity contribution in [3.8, 4) is 0 Å². The maximum absolute atomic E-state index is 12.2. The molecule has 2 bridgehead atoms. The second-order valence-electron chi connectivity index (χ2n) is 6.12. The topological polar surface area (TPSA) is 49.0 Å². The van der Waals surface area contributed by atoms with Crippen LogP contribution in [0.5, 0.6) is 0 Å². The van der Waals surface area contributed by atoms with E-state index in [-0.39, 0.29) is 5.56 Å². The third-order valence-corrected chi connectivity index (χ3v) is 5.64. The third kappa shape index (κ3) is 2.34. The van der Waals surface area contributed by atoms with Crippen molar-refractivity contribution in [2.45, 2.75) is 51.2 Å². The molecule has 1 saturated heterocycles. The van der Waals surface area contributed by atoms with Crippen molar-refractivity contribution in [1.29, 1.82) is 0 Å². The van der Waals surface area contributed by atoms with Crippen molar-refractivity contribution in [2.24, 2.45) is 0 Å². The van der Waals surface area contributed by atoms with E-state index < -0.39 is 0 Å². The van der Waals surface area contributed by atoms with E-state index in [0.29, 0.717) is 12.1 Å². The van der Waals surface area contributed by atoms with E-state index in [4.69, 9.17) is 0 Å². The first-order chi connectivity index (χ1) is 10.2. The summed E-state index contributed by atoms with van der Waals surface area (Å²) in [6.45, 7) is 2.88. The van der Waals surface area contributed by atoms with E-state index in [1.807, 2.05) is 18.3 Å². The van der Waals surface area contributed by atoms with Crippen molar-refractivity contribution < 1.29 is 0 Å². The van der Waals surface area contributed by atoms with Crippen molar-refractivity contribution in [1.82, 2.24) is 14.9 Å². The van der Waals surface area contributed by atoms with Crippen LogP contribution in [-0.2, 0) is 19.4 Å². The van der Waals surface area contributed by atoms with Crippen LogP contribution >= 0.6 is 11.3 Å². The zero-order valence-corrected chi connectivity index (χ0v) is 12.9. The first kappa shape index (κ1) is 13.2. The fourth-order valence-electron chi connectivity index (χ4n) is 3.80. The van der Waals surface area contributed by atoms with Crippen LogP contribution in [0, 0.1) is 6.92 Å². The molecule has 110 valence electrons. The molecule has 5 heteroatoms. The van der Waals surface area contributed by atoms with Crippen LogP contribution in [0.15, 0.2) is 22.3 Å². The lowest BCUT2D eigenvalue weighted by Gasteiger charge is -2.27. The quantitative estimate of drug-likeness (QED) is 0.926. The standard InChI is InChI=1S/C16H19N3OS/c1-10-17-15-8-12-5-4-11(7-14(15)16(20)18-10)19(12)9-13-3-2-6-21-13/h2-3,6,11-12H,4-5,7-9H2,1H3,(H,17,18,20)/t11-,12+/m1/s1. The van der Waals surface area contributed by atoms with Crippen molar-refractivity contribution in [2.75, 3.05) is 0 Å². The lowest BCUT2D eigenvalue weighted by molar-refractivity contribution is 0.189. The molecule has 0 aromatic carbocycles. The van der Waals surface area contributed by atoms with Gasteiger partial charge >= 0.3 is 0 Å². The van der Waals surface area contributed by atoms with Crippen LogP contribution < -0.4 is 5.56 Å². The van der Waals surface area contributed by atoms with Crippen LogP contribution in [0.4, 0.5) is 0 Å². The summed E-state index contributed by atoms with van der Waals surface area (Å²) >= 11 is 1.82. The first-order valence-electron chi connectivity index (χ1n) is 7.57. The first-order valence-corrected chi connectivity index (χ1v) is 8.45. The van der Waals surface area contributed by atoms with Crippen LogP contribution in [0.2, 0.25) is 0 Å². The summed E-state index contributed by atoms with van der Waals surface area (Å²) in [5.74, 6) is 0.737. The van der Waals surface area contributed by atoms with Gasteiger partial charge in [-0.05, 0) is 37.6 Å². The minimum atomic E-state index is 0.0705. The Balaban J connectivity index is 1.68. The summed E-state index contributed by atoms with van der Waals surface area (Å²) in [6.07, 6.45) is 4.19. The number of hydrogen-bond acceptors (Lipinski definition) is 4. The van der Waals surface area contributed by atoms with Crippen molar-refractivity contribution in [3.63, 3.8) is 0 Å². The van der Waals surface area contributed by atoms with Gasteiger partial charge in [0.25, 0.3) is 5.56 Å². The number of hydrogen-bond donors (Lipinski definition) is 1. The Hall–Kier alpha value is -1.46. The molecule has 21 heavy (non-hydrogen) atoms. The SMILES string of the molecule is Cc1nc2c(c(=O)[nH]1)C[C@H]1CC[C@@H](C2)N1Cc1cccs1. The molecule has 0 amide bonds. The van der Waals surface area contributed by atoms with Gasteiger partial charge in [0.1, 0.15) is 5.82 Å². The second-order valence-corrected chi connectivity index (χ2v) is 7.15. The average molecular weight is 301 g/mol. The minimum absolute atomic E-state index is 0.0705. The third-order valence-electron chi connectivity index (χ3n) is 4.78. The lowest BCUT2D eigenvalue weighted by Crippen LogP contribution is -2.36. The molecule has 0 unspecified atom stereocenters. The summed E-state index contributed by atoms with van der Waals surface area (Å²) in [7, 11) is 0. The fourth-order valence-corrected chi connectivity index (χ4v) is 4.51. The van der Waals surface area contributed by atoms with Gasteiger partial charge in [-0.25, -0.2) is 4.98 Å². The predicted molar refractivity (Wildman–Crippen MR) is 83.7 cm³/mol. The maximum atomic E-state index is 12.2. The van der Waals surface area contributed by atoms with Crippen molar-refractivity contribution in [3.05, 3.63) is 49.8 Å². The molecule has 0 radical (unpaired) electrons. The minimum Gasteiger partial charge on any atom is -0.311 e. The second kappa shape index (κ2) is 5.07. The zero-order valence-electron chi connectivity index (χ0n) is 12.1. The van der Waals surface area contributed by atoms with Crippen LogP contribution in [0.1, 0.15) is 34.8 Å². The number of aromatic nitrogens is 2. The highest BCUT2D eigenvalue weighted by Crippen LogP contribution is 2.34. The highest BCUT2D eigenvalue weighted by atomic mass is 32.1. The Morgan fingerprint density at radius 1 is 1.38 bits per heavy atom. The Bertz CT molecular complexity index is 707. The number of nitrogens with zero attached hydrogens (tertiary/aromatic N) is 2. The molecule has 0 aliphatic carbocycles. The van der Waals surface area contributed by atoms with Gasteiger partial charge in [-0.3, -0.25) is 9.69 Å². The Morgan fingerprint density at radius 3 is 2.95 bits per heavy atom. The van der Waals surface area contributed by atoms with Gasteiger partial charge in [0, 0.05) is 35.5 Å². The maximum Gasteiger partial charge on any atom is 0.254 e. The molecule has 4 heterocycles. The molecule has 2 aliphatic rings. The molecule has 1 fully saturated rings. The van der Waals surface area contributed by atoms with Gasteiger partial charge < -0.3 is 4.98 Å². The number of thiophene rings is 1. The molecule has 1 N–H and O–H groups in total. The van der Waals surface area contributed by atoms with Crippen LogP contribution in [-0.4, -0.2) is 27.0 Å². The molecule has 2 aromatic heterocycles. The monoisotopic (exact) mass is 301 g/mol. The Morgan fingerprint density at radius 2 is 2.19 bits per heavy atom. The molecule has 2 aliphatic heterocycles. The largest absolute Gasteiger partial charge is 0.311 e. The molecular weight excluding hydrogens is 282 g/mol. The number of rotatable bonds is 2. The van der Waals surface area contributed by atoms with Crippen LogP contribution in [0.25, 0.3) is 0 Å². The molecule has 0 spiro atoms. The smallest absolute Gasteiger partial charge is 0.254 e. The molecule has 2 aromatic rings. The summed E-state index contributed by atoms with van der Waals surface area (Å²) in [6, 6.07) is 5.34. The summed E-state index contributed by atoms with van der Waals surface area (Å²) < 4.78 is 0.